The van der Waals surface area contributed by atoms with Crippen molar-refractivity contribution in [1.82, 2.24) is 14.6 Å². The monoisotopic (exact) mass is 425 g/mol. The van der Waals surface area contributed by atoms with Crippen molar-refractivity contribution in [2.24, 2.45) is 0 Å². The number of hydrogen-bond donors (Lipinski definition) is 0. The van der Waals surface area contributed by atoms with Crippen LogP contribution in [-0.2, 0) is 0 Å². The van der Waals surface area contributed by atoms with Crippen LogP contribution in [0.15, 0.2) is 47.3 Å². The Morgan fingerprint density at radius 1 is 1.07 bits per heavy atom. The molecular weight excluding hydrogens is 410 g/mol. The molecule has 29 heavy (non-hydrogen) atoms. The number of hydrogen-bond acceptors (Lipinski definition) is 6. The number of aromatic nitrogens is 3. The quantitative estimate of drug-likeness (QED) is 0.489. The highest BCUT2D eigenvalue weighted by molar-refractivity contribution is 7.15. The first-order chi connectivity index (χ1) is 14.1. The molecule has 0 aliphatic rings. The lowest BCUT2D eigenvalue weighted by atomic mass is 10.2. The van der Waals surface area contributed by atoms with Gasteiger partial charge in [0.25, 0.3) is 5.56 Å². The Morgan fingerprint density at radius 3 is 2.55 bits per heavy atom. The van der Waals surface area contributed by atoms with Crippen LogP contribution in [0.5, 0.6) is 11.5 Å². The van der Waals surface area contributed by atoms with Gasteiger partial charge in [-0.2, -0.15) is 9.50 Å². The summed E-state index contributed by atoms with van der Waals surface area (Å²) in [7, 11) is 3.17. The van der Waals surface area contributed by atoms with Gasteiger partial charge in [0, 0.05) is 10.6 Å². The van der Waals surface area contributed by atoms with E-state index in [4.69, 9.17) is 21.1 Å². The van der Waals surface area contributed by atoms with E-state index in [1.807, 2.05) is 36.4 Å². The molecular formula is C21H16ClN3O3S. The summed E-state index contributed by atoms with van der Waals surface area (Å²) >= 11 is 7.16. The molecule has 0 radical (unpaired) electrons. The van der Waals surface area contributed by atoms with E-state index in [9.17, 15) is 4.79 Å². The molecule has 0 amide bonds. The molecule has 0 N–H and O–H groups in total. The van der Waals surface area contributed by atoms with E-state index < -0.39 is 0 Å². The predicted octanol–water partition coefficient (Wildman–Crippen LogP) is 3.54. The Labute approximate surface area is 175 Å². The van der Waals surface area contributed by atoms with Crippen molar-refractivity contribution in [2.45, 2.75) is 0 Å². The average Bonchev–Trinajstić information content (AvgIpc) is 3.26. The van der Waals surface area contributed by atoms with Gasteiger partial charge in [0.15, 0.2) is 5.82 Å². The van der Waals surface area contributed by atoms with Gasteiger partial charge in [-0.15, -0.1) is 5.10 Å². The molecule has 4 aromatic rings. The largest absolute Gasteiger partial charge is 0.497 e. The maximum atomic E-state index is 12.7. The number of rotatable bonds is 5. The number of thiazole rings is 1. The fourth-order valence-corrected chi connectivity index (χ4v) is 3.79. The van der Waals surface area contributed by atoms with Crippen LogP contribution in [0.2, 0.25) is 5.02 Å². The highest BCUT2D eigenvalue weighted by Crippen LogP contribution is 2.24. The van der Waals surface area contributed by atoms with Crippen molar-refractivity contribution in [3.8, 4) is 11.5 Å². The molecule has 2 aromatic carbocycles. The minimum atomic E-state index is -0.228. The number of fused-ring (bicyclic) bond motifs is 1. The van der Waals surface area contributed by atoms with Crippen LogP contribution in [-0.4, -0.2) is 28.8 Å². The van der Waals surface area contributed by atoms with Crippen molar-refractivity contribution in [2.75, 3.05) is 14.2 Å². The van der Waals surface area contributed by atoms with Crippen LogP contribution in [0, 0.1) is 0 Å². The first-order valence-electron chi connectivity index (χ1n) is 8.64. The van der Waals surface area contributed by atoms with Gasteiger partial charge < -0.3 is 9.47 Å². The van der Waals surface area contributed by atoms with E-state index in [0.29, 0.717) is 31.8 Å². The van der Waals surface area contributed by atoms with Crippen LogP contribution < -0.4 is 19.6 Å². The highest BCUT2D eigenvalue weighted by atomic mass is 35.5. The van der Waals surface area contributed by atoms with Gasteiger partial charge >= 0.3 is 0 Å². The molecule has 0 aliphatic heterocycles. The third kappa shape index (κ3) is 4.01. The summed E-state index contributed by atoms with van der Waals surface area (Å²) in [6.45, 7) is 0. The number of benzene rings is 2. The number of nitrogens with zero attached hydrogens (tertiary/aromatic N) is 3. The second-order valence-electron chi connectivity index (χ2n) is 6.07. The number of ether oxygens (including phenoxy) is 2. The molecule has 2 heterocycles. The lowest BCUT2D eigenvalue weighted by Gasteiger charge is -2.06. The van der Waals surface area contributed by atoms with Crippen LogP contribution in [0.4, 0.5) is 0 Å². The number of methoxy groups -OCH3 is 2. The van der Waals surface area contributed by atoms with Gasteiger partial charge in [-0.25, -0.2) is 0 Å². The van der Waals surface area contributed by atoms with Crippen molar-refractivity contribution in [1.29, 1.82) is 0 Å². The third-order valence-corrected chi connectivity index (χ3v) is 5.43. The van der Waals surface area contributed by atoms with E-state index >= 15 is 0 Å². The first kappa shape index (κ1) is 19.2. The summed E-state index contributed by atoms with van der Waals surface area (Å²) in [6, 6.07) is 12.8. The molecule has 146 valence electrons. The lowest BCUT2D eigenvalue weighted by Crippen LogP contribution is -2.23. The van der Waals surface area contributed by atoms with E-state index in [2.05, 4.69) is 10.1 Å². The zero-order valence-electron chi connectivity index (χ0n) is 15.6. The molecule has 4 rings (SSSR count). The zero-order chi connectivity index (χ0) is 20.4. The van der Waals surface area contributed by atoms with Gasteiger partial charge in [0.2, 0.25) is 4.96 Å². The Kier molecular flexibility index (Phi) is 5.33. The smallest absolute Gasteiger partial charge is 0.291 e. The van der Waals surface area contributed by atoms with Crippen molar-refractivity contribution >= 4 is 46.1 Å². The predicted molar refractivity (Wildman–Crippen MR) is 116 cm³/mol. The Morgan fingerprint density at radius 2 is 1.86 bits per heavy atom. The van der Waals surface area contributed by atoms with Crippen LogP contribution in [0.25, 0.3) is 23.2 Å². The zero-order valence-corrected chi connectivity index (χ0v) is 17.2. The maximum Gasteiger partial charge on any atom is 0.291 e. The standard InChI is InChI=1S/C21H16ClN3O3S/c1-27-16-8-9-17(28-2)14(11-16)12-18-20(26)25-21(29-18)23-19(24-25)10-5-13-3-6-15(22)7-4-13/h3-12H,1-2H3. The van der Waals surface area contributed by atoms with Gasteiger partial charge in [-0.1, -0.05) is 41.1 Å². The minimum Gasteiger partial charge on any atom is -0.497 e. The second kappa shape index (κ2) is 8.06. The molecule has 6 nitrogen and oxygen atoms in total. The second-order valence-corrected chi connectivity index (χ2v) is 7.52. The molecule has 0 atom stereocenters. The van der Waals surface area contributed by atoms with Gasteiger partial charge in [0.05, 0.1) is 18.8 Å². The van der Waals surface area contributed by atoms with Gasteiger partial charge in [-0.3, -0.25) is 4.79 Å². The van der Waals surface area contributed by atoms with Crippen molar-refractivity contribution in [3.63, 3.8) is 0 Å². The molecule has 2 aromatic heterocycles. The normalized spacial score (nSPS) is 12.2. The molecule has 0 unspecified atom stereocenters. The van der Waals surface area contributed by atoms with Crippen LogP contribution in [0.1, 0.15) is 17.0 Å². The van der Waals surface area contributed by atoms with E-state index in [0.717, 1.165) is 11.1 Å². The van der Waals surface area contributed by atoms with E-state index in [1.165, 1.54) is 15.9 Å². The van der Waals surface area contributed by atoms with E-state index in [1.54, 1.807) is 38.5 Å². The molecule has 8 heteroatoms. The van der Waals surface area contributed by atoms with Gasteiger partial charge in [-0.05, 0) is 48.0 Å². The third-order valence-electron chi connectivity index (χ3n) is 4.22. The molecule has 0 aliphatic carbocycles. The van der Waals surface area contributed by atoms with Crippen LogP contribution >= 0.6 is 22.9 Å². The Balaban J connectivity index is 1.69. The minimum absolute atomic E-state index is 0.228. The maximum absolute atomic E-state index is 12.7. The topological polar surface area (TPSA) is 65.7 Å². The summed E-state index contributed by atoms with van der Waals surface area (Å²) in [5.74, 6) is 1.79. The van der Waals surface area contributed by atoms with Gasteiger partial charge in [0.1, 0.15) is 11.5 Å². The summed E-state index contributed by atoms with van der Waals surface area (Å²) in [5.41, 5.74) is 1.49. The van der Waals surface area contributed by atoms with Crippen LogP contribution in [0.3, 0.4) is 0 Å². The Hall–Kier alpha value is -3.16. The van der Waals surface area contributed by atoms with Crippen molar-refractivity contribution < 1.29 is 9.47 Å². The fraction of sp³-hybridized carbons (Fsp3) is 0.0952. The lowest BCUT2D eigenvalue weighted by molar-refractivity contribution is 0.402. The molecule has 0 saturated heterocycles. The summed E-state index contributed by atoms with van der Waals surface area (Å²) in [6.07, 6.45) is 5.39. The summed E-state index contributed by atoms with van der Waals surface area (Å²) in [5, 5.41) is 4.97. The molecule has 0 saturated carbocycles. The summed E-state index contributed by atoms with van der Waals surface area (Å²) in [4.78, 5) is 17.7. The molecule has 0 bridgehead atoms. The average molecular weight is 426 g/mol. The number of halogens is 1. The van der Waals surface area contributed by atoms with Crippen molar-refractivity contribution in [3.05, 3.63) is 79.3 Å². The van der Waals surface area contributed by atoms with E-state index in [-0.39, 0.29) is 5.56 Å². The summed E-state index contributed by atoms with van der Waals surface area (Å²) < 4.78 is 12.5. The highest BCUT2D eigenvalue weighted by Gasteiger charge is 2.10. The Bertz CT molecular complexity index is 1310. The SMILES string of the molecule is COc1ccc(OC)c(C=c2sc3nc(C=Cc4ccc(Cl)cc4)nn3c2=O)c1. The molecule has 0 spiro atoms. The molecule has 0 fully saturated rings. The first-order valence-corrected chi connectivity index (χ1v) is 9.84. The fourth-order valence-electron chi connectivity index (χ4n) is 2.76.